The molecule has 0 radical (unpaired) electrons. The van der Waals surface area contributed by atoms with Crippen molar-refractivity contribution >= 4 is 5.91 Å². The van der Waals surface area contributed by atoms with E-state index in [0.29, 0.717) is 6.42 Å². The molecule has 1 aliphatic rings. The van der Waals surface area contributed by atoms with Gasteiger partial charge in [0.05, 0.1) is 7.11 Å². The molecule has 1 amide bonds. The van der Waals surface area contributed by atoms with Crippen molar-refractivity contribution in [3.05, 3.63) is 23.8 Å². The maximum atomic E-state index is 11.9. The van der Waals surface area contributed by atoms with Crippen molar-refractivity contribution < 1.29 is 14.3 Å². The summed E-state index contributed by atoms with van der Waals surface area (Å²) in [6.07, 6.45) is 1.02. The Bertz CT molecular complexity index is 488. The van der Waals surface area contributed by atoms with Crippen LogP contribution in [0.3, 0.4) is 0 Å². The first-order valence-electron chi connectivity index (χ1n) is 6.85. The minimum absolute atomic E-state index is 0.0198. The first-order chi connectivity index (χ1) is 9.51. The molecule has 0 aromatic heterocycles. The van der Waals surface area contributed by atoms with E-state index >= 15 is 0 Å². The predicted octanol–water partition coefficient (Wildman–Crippen LogP) is 1.19. The third-order valence-electron chi connectivity index (χ3n) is 3.46. The lowest BCUT2D eigenvalue weighted by Gasteiger charge is -2.17. The molecule has 5 nitrogen and oxygen atoms in total. The van der Waals surface area contributed by atoms with Crippen molar-refractivity contribution in [2.24, 2.45) is 5.73 Å². The van der Waals surface area contributed by atoms with Crippen molar-refractivity contribution in [1.82, 2.24) is 4.90 Å². The number of likely N-dealkylation sites (tertiary alicyclic amines) is 1. The molecule has 1 aliphatic heterocycles. The molecule has 20 heavy (non-hydrogen) atoms. The molecule has 0 saturated carbocycles. The average molecular weight is 278 g/mol. The summed E-state index contributed by atoms with van der Waals surface area (Å²) in [5.74, 6) is 1.52. The Morgan fingerprint density at radius 3 is 2.80 bits per heavy atom. The van der Waals surface area contributed by atoms with Crippen LogP contribution in [0.15, 0.2) is 18.2 Å². The normalized spacial score (nSPS) is 20.1. The molecule has 2 N–H and O–H groups in total. The second-order valence-corrected chi connectivity index (χ2v) is 5.31. The monoisotopic (exact) mass is 278 g/mol. The highest BCUT2D eigenvalue weighted by molar-refractivity contribution is 5.83. The van der Waals surface area contributed by atoms with Crippen LogP contribution in [0.1, 0.15) is 18.9 Å². The molecule has 1 aromatic rings. The Balaban J connectivity index is 2.19. The minimum Gasteiger partial charge on any atom is -0.497 e. The van der Waals surface area contributed by atoms with Crippen LogP contribution in [0, 0.1) is 0 Å². The van der Waals surface area contributed by atoms with Gasteiger partial charge >= 0.3 is 0 Å². The molecular weight excluding hydrogens is 256 g/mol. The van der Waals surface area contributed by atoms with Gasteiger partial charge in [0.2, 0.25) is 0 Å². The Morgan fingerprint density at radius 2 is 2.25 bits per heavy atom. The molecule has 1 saturated heterocycles. The maximum absolute atomic E-state index is 11.9. The zero-order valence-corrected chi connectivity index (χ0v) is 12.3. The number of likely N-dealkylation sites (N-methyl/N-ethyl adjacent to an activating group) is 1. The van der Waals surface area contributed by atoms with Crippen LogP contribution in [-0.4, -0.2) is 43.7 Å². The number of ether oxygens (including phenoxy) is 2. The van der Waals surface area contributed by atoms with E-state index in [1.807, 2.05) is 25.1 Å². The Kier molecular flexibility index (Phi) is 4.49. The van der Waals surface area contributed by atoms with Gasteiger partial charge in [-0.15, -0.1) is 0 Å². The number of amides is 1. The first kappa shape index (κ1) is 14.7. The van der Waals surface area contributed by atoms with Gasteiger partial charge in [0.1, 0.15) is 11.5 Å². The molecule has 1 heterocycles. The van der Waals surface area contributed by atoms with Crippen LogP contribution in [-0.2, 0) is 11.2 Å². The van der Waals surface area contributed by atoms with Gasteiger partial charge in [-0.2, -0.15) is 0 Å². The van der Waals surface area contributed by atoms with Crippen molar-refractivity contribution in [1.29, 1.82) is 0 Å². The fraction of sp³-hybridized carbons (Fsp3) is 0.533. The smallest absolute Gasteiger partial charge is 0.263 e. The molecular formula is C15H22N2O3. The SMILES string of the molecule is COc1ccc(OC2CCN(C)C2=O)c(CC(C)N)c1. The lowest BCUT2D eigenvalue weighted by molar-refractivity contribution is -0.132. The largest absolute Gasteiger partial charge is 0.497 e. The number of carbonyl (C=O) groups excluding carboxylic acids is 1. The maximum Gasteiger partial charge on any atom is 0.263 e. The van der Waals surface area contributed by atoms with E-state index in [9.17, 15) is 4.79 Å². The summed E-state index contributed by atoms with van der Waals surface area (Å²) in [7, 11) is 3.42. The Hall–Kier alpha value is -1.75. The van der Waals surface area contributed by atoms with Crippen LogP contribution < -0.4 is 15.2 Å². The van der Waals surface area contributed by atoms with Crippen LogP contribution in [0.4, 0.5) is 0 Å². The van der Waals surface area contributed by atoms with Gasteiger partial charge in [-0.25, -0.2) is 0 Å². The second-order valence-electron chi connectivity index (χ2n) is 5.31. The number of benzene rings is 1. The van der Waals surface area contributed by atoms with E-state index in [1.54, 1.807) is 19.1 Å². The predicted molar refractivity (Wildman–Crippen MR) is 77.0 cm³/mol. The van der Waals surface area contributed by atoms with E-state index in [2.05, 4.69) is 0 Å². The van der Waals surface area contributed by atoms with Crippen molar-refractivity contribution in [3.8, 4) is 11.5 Å². The summed E-state index contributed by atoms with van der Waals surface area (Å²) in [4.78, 5) is 13.6. The van der Waals surface area contributed by atoms with E-state index in [4.69, 9.17) is 15.2 Å². The second kappa shape index (κ2) is 6.13. The van der Waals surface area contributed by atoms with Crippen LogP contribution in [0.25, 0.3) is 0 Å². The number of methoxy groups -OCH3 is 1. The van der Waals surface area contributed by atoms with Gasteiger partial charge in [-0.3, -0.25) is 4.79 Å². The zero-order valence-electron chi connectivity index (χ0n) is 12.3. The summed E-state index contributed by atoms with van der Waals surface area (Å²) >= 11 is 0. The van der Waals surface area contributed by atoms with Gasteiger partial charge in [0.15, 0.2) is 6.10 Å². The molecule has 110 valence electrons. The molecule has 0 bridgehead atoms. The summed E-state index contributed by atoms with van der Waals surface area (Å²) < 4.78 is 11.1. The number of hydrogen-bond acceptors (Lipinski definition) is 4. The van der Waals surface area contributed by atoms with Gasteiger partial charge < -0.3 is 20.1 Å². The Morgan fingerprint density at radius 1 is 1.50 bits per heavy atom. The van der Waals surface area contributed by atoms with Crippen LogP contribution in [0.5, 0.6) is 11.5 Å². The number of hydrogen-bond donors (Lipinski definition) is 1. The van der Waals surface area contributed by atoms with Gasteiger partial charge in [-0.1, -0.05) is 0 Å². The summed E-state index contributed by atoms with van der Waals surface area (Å²) in [6.45, 7) is 2.68. The Labute approximate surface area is 119 Å². The third kappa shape index (κ3) is 3.22. The topological polar surface area (TPSA) is 64.8 Å². The molecule has 0 aliphatic carbocycles. The lowest BCUT2D eigenvalue weighted by Crippen LogP contribution is -2.30. The molecule has 2 rings (SSSR count). The van der Waals surface area contributed by atoms with E-state index < -0.39 is 0 Å². The number of nitrogens with two attached hydrogens (primary N) is 1. The highest BCUT2D eigenvalue weighted by Gasteiger charge is 2.31. The number of rotatable bonds is 5. The standard InChI is InChI=1S/C15H22N2O3/c1-10(16)8-11-9-12(19-3)4-5-13(11)20-14-6-7-17(2)15(14)18/h4-5,9-10,14H,6-8,16H2,1-3H3. The van der Waals surface area contributed by atoms with Crippen molar-refractivity contribution in [3.63, 3.8) is 0 Å². The van der Waals surface area contributed by atoms with Gasteiger partial charge in [-0.05, 0) is 37.1 Å². The van der Waals surface area contributed by atoms with Gasteiger partial charge in [0.25, 0.3) is 5.91 Å². The fourth-order valence-corrected chi connectivity index (χ4v) is 2.36. The minimum atomic E-state index is -0.389. The van der Waals surface area contributed by atoms with Crippen LogP contribution >= 0.6 is 0 Å². The van der Waals surface area contributed by atoms with E-state index in [-0.39, 0.29) is 18.1 Å². The summed E-state index contributed by atoms with van der Waals surface area (Å²) in [5.41, 5.74) is 6.84. The first-order valence-corrected chi connectivity index (χ1v) is 6.85. The fourth-order valence-electron chi connectivity index (χ4n) is 2.36. The van der Waals surface area contributed by atoms with Gasteiger partial charge in [0, 0.05) is 26.1 Å². The van der Waals surface area contributed by atoms with Crippen molar-refractivity contribution in [2.45, 2.75) is 31.9 Å². The summed E-state index contributed by atoms with van der Waals surface area (Å²) in [6, 6.07) is 5.62. The molecule has 5 heteroatoms. The summed E-state index contributed by atoms with van der Waals surface area (Å²) in [5, 5.41) is 0. The quantitative estimate of drug-likeness (QED) is 0.879. The zero-order chi connectivity index (χ0) is 14.7. The van der Waals surface area contributed by atoms with E-state index in [1.165, 1.54) is 0 Å². The molecule has 1 aromatic carbocycles. The highest BCUT2D eigenvalue weighted by atomic mass is 16.5. The van der Waals surface area contributed by atoms with Crippen molar-refractivity contribution in [2.75, 3.05) is 20.7 Å². The lowest BCUT2D eigenvalue weighted by atomic mass is 10.1. The molecule has 2 unspecified atom stereocenters. The van der Waals surface area contributed by atoms with E-state index in [0.717, 1.165) is 30.0 Å². The number of carbonyl (C=O) groups is 1. The molecule has 1 fully saturated rings. The molecule has 2 atom stereocenters. The average Bonchev–Trinajstić information content (AvgIpc) is 2.72. The molecule has 0 spiro atoms. The number of nitrogens with zero attached hydrogens (tertiary/aromatic N) is 1. The van der Waals surface area contributed by atoms with Crippen LogP contribution in [0.2, 0.25) is 0 Å². The third-order valence-corrected chi connectivity index (χ3v) is 3.46. The highest BCUT2D eigenvalue weighted by Crippen LogP contribution is 2.28.